The second-order valence-electron chi connectivity index (χ2n) is 6.66. The van der Waals surface area contributed by atoms with Gasteiger partial charge in [-0.05, 0) is 36.8 Å². The van der Waals surface area contributed by atoms with Gasteiger partial charge in [-0.15, -0.1) is 0 Å². The van der Waals surface area contributed by atoms with Gasteiger partial charge in [-0.2, -0.15) is 0 Å². The monoisotopic (exact) mass is 333 g/mol. The lowest BCUT2D eigenvalue weighted by molar-refractivity contribution is -0.150. The van der Waals surface area contributed by atoms with Crippen molar-refractivity contribution < 1.29 is 19.1 Å². The van der Waals surface area contributed by atoms with Gasteiger partial charge in [0.05, 0.1) is 0 Å². The molecular formula is C19H27NO4. The molecule has 0 spiro atoms. The zero-order valence-electron chi connectivity index (χ0n) is 14.7. The maximum atomic E-state index is 12.0. The first-order chi connectivity index (χ1) is 11.5. The van der Waals surface area contributed by atoms with E-state index >= 15 is 0 Å². The number of para-hydroxylation sites is 1. The van der Waals surface area contributed by atoms with Crippen molar-refractivity contribution in [3.8, 4) is 5.75 Å². The van der Waals surface area contributed by atoms with Gasteiger partial charge < -0.3 is 14.8 Å². The average Bonchev–Trinajstić information content (AvgIpc) is 2.56. The molecule has 0 saturated heterocycles. The first-order valence-corrected chi connectivity index (χ1v) is 8.60. The number of rotatable bonds is 6. The van der Waals surface area contributed by atoms with Crippen LogP contribution in [0.3, 0.4) is 0 Å². The summed E-state index contributed by atoms with van der Waals surface area (Å²) >= 11 is 0. The number of benzene rings is 1. The number of esters is 1. The molecule has 1 aromatic rings. The van der Waals surface area contributed by atoms with Crippen molar-refractivity contribution in [1.29, 1.82) is 0 Å². The normalized spacial score (nSPS) is 23.4. The van der Waals surface area contributed by atoms with Crippen molar-refractivity contribution in [2.45, 2.75) is 46.1 Å². The third-order valence-electron chi connectivity index (χ3n) is 4.86. The van der Waals surface area contributed by atoms with E-state index in [9.17, 15) is 9.59 Å². The van der Waals surface area contributed by atoms with Crippen LogP contribution in [0.5, 0.6) is 5.75 Å². The summed E-state index contributed by atoms with van der Waals surface area (Å²) in [6.45, 7) is 5.83. The van der Waals surface area contributed by atoms with E-state index < -0.39 is 5.97 Å². The smallest absolute Gasteiger partial charge is 0.344 e. The summed E-state index contributed by atoms with van der Waals surface area (Å²) < 4.78 is 10.4. The van der Waals surface area contributed by atoms with E-state index in [1.807, 2.05) is 25.1 Å². The highest BCUT2D eigenvalue weighted by Crippen LogP contribution is 2.29. The molecule has 1 fully saturated rings. The average molecular weight is 333 g/mol. The Morgan fingerprint density at radius 1 is 1.17 bits per heavy atom. The van der Waals surface area contributed by atoms with E-state index in [2.05, 4.69) is 19.2 Å². The summed E-state index contributed by atoms with van der Waals surface area (Å²) in [4.78, 5) is 23.7. The summed E-state index contributed by atoms with van der Waals surface area (Å²) in [7, 11) is 0. The van der Waals surface area contributed by atoms with E-state index in [-0.39, 0.29) is 25.2 Å². The van der Waals surface area contributed by atoms with Crippen molar-refractivity contribution in [3.05, 3.63) is 29.8 Å². The Hall–Kier alpha value is -2.04. The minimum Gasteiger partial charge on any atom is -0.482 e. The van der Waals surface area contributed by atoms with Gasteiger partial charge in [0.1, 0.15) is 5.75 Å². The molecule has 1 saturated carbocycles. The van der Waals surface area contributed by atoms with Crippen molar-refractivity contribution in [3.63, 3.8) is 0 Å². The third kappa shape index (κ3) is 5.25. The fourth-order valence-corrected chi connectivity index (χ4v) is 3.08. The summed E-state index contributed by atoms with van der Waals surface area (Å²) in [5.41, 5.74) is 0.948. The Balaban J connectivity index is 1.69. The van der Waals surface area contributed by atoms with Gasteiger partial charge in [0.25, 0.3) is 5.91 Å². The molecular weight excluding hydrogens is 306 g/mol. The largest absolute Gasteiger partial charge is 0.482 e. The van der Waals surface area contributed by atoms with Crippen LogP contribution in [0.25, 0.3) is 0 Å². The van der Waals surface area contributed by atoms with Gasteiger partial charge in [0, 0.05) is 6.04 Å². The number of carbonyl (C=O) groups excluding carboxylic acids is 2. The molecule has 2 rings (SSSR count). The van der Waals surface area contributed by atoms with E-state index in [0.717, 1.165) is 18.4 Å². The SMILES string of the molecule is Cc1ccccc1OCC(=O)OCC(=O)N[C@@H]1CCC[C@@H](C)[C@H]1C. The zero-order chi connectivity index (χ0) is 17.5. The van der Waals surface area contributed by atoms with E-state index in [1.54, 1.807) is 6.07 Å². The van der Waals surface area contributed by atoms with Gasteiger partial charge in [-0.3, -0.25) is 4.79 Å². The van der Waals surface area contributed by atoms with Crippen molar-refractivity contribution in [1.82, 2.24) is 5.32 Å². The lowest BCUT2D eigenvalue weighted by atomic mass is 9.78. The molecule has 0 aliphatic heterocycles. The molecule has 1 aromatic carbocycles. The topological polar surface area (TPSA) is 64.6 Å². The quantitative estimate of drug-likeness (QED) is 0.813. The van der Waals surface area contributed by atoms with Gasteiger partial charge in [-0.25, -0.2) is 4.79 Å². The van der Waals surface area contributed by atoms with Gasteiger partial charge in [0.2, 0.25) is 0 Å². The van der Waals surface area contributed by atoms with Crippen molar-refractivity contribution in [2.75, 3.05) is 13.2 Å². The second-order valence-corrected chi connectivity index (χ2v) is 6.66. The first kappa shape index (κ1) is 18.3. The van der Waals surface area contributed by atoms with Crippen LogP contribution in [-0.2, 0) is 14.3 Å². The molecule has 5 nitrogen and oxygen atoms in total. The van der Waals surface area contributed by atoms with E-state index in [0.29, 0.717) is 17.6 Å². The molecule has 3 atom stereocenters. The van der Waals surface area contributed by atoms with Crippen LogP contribution in [0, 0.1) is 18.8 Å². The molecule has 0 radical (unpaired) electrons. The van der Waals surface area contributed by atoms with Crippen LogP contribution >= 0.6 is 0 Å². The highest BCUT2D eigenvalue weighted by atomic mass is 16.6. The van der Waals surface area contributed by atoms with Crippen molar-refractivity contribution >= 4 is 11.9 Å². The molecule has 1 aliphatic carbocycles. The molecule has 0 unspecified atom stereocenters. The van der Waals surface area contributed by atoms with Crippen LogP contribution in [0.4, 0.5) is 0 Å². The zero-order valence-corrected chi connectivity index (χ0v) is 14.7. The Labute approximate surface area is 143 Å². The van der Waals surface area contributed by atoms with Gasteiger partial charge >= 0.3 is 5.97 Å². The Bertz CT molecular complexity index is 572. The van der Waals surface area contributed by atoms with Crippen LogP contribution in [0.2, 0.25) is 0 Å². The number of amides is 1. The predicted octanol–water partition coefficient (Wildman–Crippen LogP) is 2.86. The summed E-state index contributed by atoms with van der Waals surface area (Å²) in [6, 6.07) is 7.61. The van der Waals surface area contributed by atoms with Gasteiger partial charge in [0.15, 0.2) is 13.2 Å². The molecule has 132 valence electrons. The van der Waals surface area contributed by atoms with Crippen LogP contribution in [0.1, 0.15) is 38.7 Å². The fraction of sp³-hybridized carbons (Fsp3) is 0.579. The van der Waals surface area contributed by atoms with Crippen molar-refractivity contribution in [2.24, 2.45) is 11.8 Å². The molecule has 0 aromatic heterocycles. The Kier molecular flexibility index (Phi) is 6.64. The van der Waals surface area contributed by atoms with Crippen LogP contribution < -0.4 is 10.1 Å². The molecule has 5 heteroatoms. The number of aryl methyl sites for hydroxylation is 1. The second kappa shape index (κ2) is 8.71. The fourth-order valence-electron chi connectivity index (χ4n) is 3.08. The Morgan fingerprint density at radius 3 is 2.67 bits per heavy atom. The van der Waals surface area contributed by atoms with Crippen LogP contribution in [0.15, 0.2) is 24.3 Å². The molecule has 1 amide bonds. The number of hydrogen-bond donors (Lipinski definition) is 1. The van der Waals surface area contributed by atoms with E-state index in [1.165, 1.54) is 6.42 Å². The van der Waals surface area contributed by atoms with Crippen LogP contribution in [-0.4, -0.2) is 31.1 Å². The maximum Gasteiger partial charge on any atom is 0.344 e. The first-order valence-electron chi connectivity index (χ1n) is 8.60. The lowest BCUT2D eigenvalue weighted by Crippen LogP contribution is -2.45. The number of carbonyl (C=O) groups is 2. The summed E-state index contributed by atoms with van der Waals surface area (Å²) in [6.07, 6.45) is 3.32. The molecule has 1 N–H and O–H groups in total. The highest BCUT2D eigenvalue weighted by molar-refractivity contribution is 5.81. The third-order valence-corrected chi connectivity index (χ3v) is 4.86. The number of nitrogens with one attached hydrogen (secondary N) is 1. The predicted molar refractivity (Wildman–Crippen MR) is 91.7 cm³/mol. The number of hydrogen-bond acceptors (Lipinski definition) is 4. The minimum atomic E-state index is -0.543. The Morgan fingerprint density at radius 2 is 1.92 bits per heavy atom. The van der Waals surface area contributed by atoms with E-state index in [4.69, 9.17) is 9.47 Å². The highest BCUT2D eigenvalue weighted by Gasteiger charge is 2.28. The summed E-state index contributed by atoms with van der Waals surface area (Å²) in [5.74, 6) is 0.907. The van der Waals surface area contributed by atoms with Gasteiger partial charge in [-0.1, -0.05) is 44.9 Å². The molecule has 24 heavy (non-hydrogen) atoms. The molecule has 0 heterocycles. The summed E-state index contributed by atoms with van der Waals surface area (Å²) in [5, 5.41) is 2.98. The number of ether oxygens (including phenoxy) is 2. The standard InChI is InChI=1S/C19H27NO4/c1-13-8-6-9-16(15(13)3)20-18(21)11-24-19(22)12-23-17-10-5-4-7-14(17)2/h4-5,7,10,13,15-16H,6,8-9,11-12H2,1-3H3,(H,20,21)/t13-,15-,16-/m1/s1. The lowest BCUT2D eigenvalue weighted by Gasteiger charge is -2.34. The maximum absolute atomic E-state index is 12.0. The molecule has 1 aliphatic rings. The minimum absolute atomic E-state index is 0.170. The molecule has 0 bridgehead atoms.